The van der Waals surface area contributed by atoms with Gasteiger partial charge in [-0.15, -0.1) is 0 Å². The van der Waals surface area contributed by atoms with Crippen molar-refractivity contribution in [3.05, 3.63) is 65.2 Å². The summed E-state index contributed by atoms with van der Waals surface area (Å²) in [6.07, 6.45) is -4.41. The second kappa shape index (κ2) is 6.35. The number of benzene rings is 2. The van der Waals surface area contributed by atoms with Gasteiger partial charge in [-0.25, -0.2) is 0 Å². The molecular formula is C17H14F3N3O. The summed E-state index contributed by atoms with van der Waals surface area (Å²) < 4.78 is 37.6. The summed E-state index contributed by atoms with van der Waals surface area (Å²) >= 11 is 0. The topological polar surface area (TPSA) is 53.5 Å². The minimum Gasteiger partial charge on any atom is -0.368 e. The molecule has 0 saturated carbocycles. The van der Waals surface area contributed by atoms with E-state index in [-0.39, 0.29) is 5.56 Å². The Kier molecular flexibility index (Phi) is 4.24. The van der Waals surface area contributed by atoms with Crippen LogP contribution in [-0.4, -0.2) is 24.8 Å². The number of hydrogen-bond donors (Lipinski definition) is 2. The highest BCUT2D eigenvalue weighted by molar-refractivity contribution is 6.05. The molecule has 7 heteroatoms. The Labute approximate surface area is 136 Å². The van der Waals surface area contributed by atoms with E-state index in [0.717, 1.165) is 48.8 Å². The van der Waals surface area contributed by atoms with Crippen molar-refractivity contribution in [1.29, 1.82) is 0 Å². The lowest BCUT2D eigenvalue weighted by atomic mass is 10.1. The molecule has 4 nitrogen and oxygen atoms in total. The third-order valence-corrected chi connectivity index (χ3v) is 3.56. The average molecular weight is 333 g/mol. The van der Waals surface area contributed by atoms with Gasteiger partial charge in [0.2, 0.25) is 0 Å². The maximum atomic E-state index is 12.5. The first-order chi connectivity index (χ1) is 11.4. The first-order valence-corrected chi connectivity index (χ1v) is 7.31. The highest BCUT2D eigenvalue weighted by atomic mass is 19.4. The smallest absolute Gasteiger partial charge is 0.368 e. The number of carbonyl (C=O) groups is 1. The maximum Gasteiger partial charge on any atom is 0.416 e. The number of nitrogens with one attached hydrogen (secondary N) is 2. The molecule has 24 heavy (non-hydrogen) atoms. The molecule has 1 aliphatic rings. The molecule has 2 aromatic carbocycles. The van der Waals surface area contributed by atoms with E-state index in [4.69, 9.17) is 0 Å². The summed E-state index contributed by atoms with van der Waals surface area (Å²) in [5.41, 5.74) is 0.851. The number of amidine groups is 1. The molecule has 1 heterocycles. The van der Waals surface area contributed by atoms with Crippen LogP contribution in [0.1, 0.15) is 21.5 Å². The van der Waals surface area contributed by atoms with Gasteiger partial charge >= 0.3 is 6.18 Å². The molecule has 0 spiro atoms. The largest absolute Gasteiger partial charge is 0.416 e. The Bertz CT molecular complexity index is 765. The van der Waals surface area contributed by atoms with Crippen molar-refractivity contribution in [2.45, 2.75) is 6.18 Å². The van der Waals surface area contributed by atoms with Crippen LogP contribution >= 0.6 is 0 Å². The van der Waals surface area contributed by atoms with E-state index in [1.54, 1.807) is 12.1 Å². The number of hydrogen-bond acceptors (Lipinski definition) is 3. The molecule has 1 amide bonds. The average Bonchev–Trinajstić information content (AvgIpc) is 3.09. The third-order valence-electron chi connectivity index (χ3n) is 3.56. The van der Waals surface area contributed by atoms with Crippen LogP contribution in [0.3, 0.4) is 0 Å². The number of carbonyl (C=O) groups excluding carboxylic acids is 1. The first kappa shape index (κ1) is 16.0. The second-order valence-electron chi connectivity index (χ2n) is 5.26. The highest BCUT2D eigenvalue weighted by Gasteiger charge is 2.30. The highest BCUT2D eigenvalue weighted by Crippen LogP contribution is 2.29. The van der Waals surface area contributed by atoms with Gasteiger partial charge in [0.05, 0.1) is 12.1 Å². The van der Waals surface area contributed by atoms with Gasteiger partial charge in [0.25, 0.3) is 5.91 Å². The molecule has 2 N–H and O–H groups in total. The van der Waals surface area contributed by atoms with Crippen LogP contribution in [0, 0.1) is 0 Å². The van der Waals surface area contributed by atoms with Crippen LogP contribution < -0.4 is 10.6 Å². The number of anilines is 1. The quantitative estimate of drug-likeness (QED) is 0.905. The molecule has 0 aliphatic carbocycles. The molecule has 0 radical (unpaired) electrons. The van der Waals surface area contributed by atoms with E-state index in [1.807, 2.05) is 12.1 Å². The molecular weight excluding hydrogens is 319 g/mol. The lowest BCUT2D eigenvalue weighted by Gasteiger charge is -2.09. The molecule has 3 rings (SSSR count). The number of halogens is 3. The SMILES string of the molecule is O=C(Nc1ccc(C2=NCCN2)cc1)c1ccc(C(F)(F)F)cc1. The van der Waals surface area contributed by atoms with E-state index in [0.29, 0.717) is 5.69 Å². The van der Waals surface area contributed by atoms with Crippen LogP contribution in [-0.2, 0) is 6.18 Å². The van der Waals surface area contributed by atoms with E-state index < -0.39 is 17.6 Å². The van der Waals surface area contributed by atoms with Crippen molar-refractivity contribution >= 4 is 17.4 Å². The fraction of sp³-hybridized carbons (Fsp3) is 0.176. The van der Waals surface area contributed by atoms with Gasteiger partial charge in [-0.3, -0.25) is 9.79 Å². The summed E-state index contributed by atoms with van der Waals surface area (Å²) in [4.78, 5) is 16.4. The van der Waals surface area contributed by atoms with E-state index >= 15 is 0 Å². The van der Waals surface area contributed by atoms with Crippen LogP contribution in [0.2, 0.25) is 0 Å². The van der Waals surface area contributed by atoms with Crippen LogP contribution in [0.25, 0.3) is 0 Å². The summed E-state index contributed by atoms with van der Waals surface area (Å²) in [6, 6.07) is 11.2. The molecule has 1 aliphatic heterocycles. The molecule has 0 fully saturated rings. The monoisotopic (exact) mass is 333 g/mol. The summed E-state index contributed by atoms with van der Waals surface area (Å²) in [7, 11) is 0. The number of alkyl halides is 3. The molecule has 0 saturated heterocycles. The fourth-order valence-electron chi connectivity index (χ4n) is 2.32. The minimum absolute atomic E-state index is 0.161. The van der Waals surface area contributed by atoms with Gasteiger partial charge < -0.3 is 10.6 Å². The zero-order valence-corrected chi connectivity index (χ0v) is 12.5. The van der Waals surface area contributed by atoms with Gasteiger partial charge in [0, 0.05) is 23.4 Å². The van der Waals surface area contributed by atoms with Crippen molar-refractivity contribution < 1.29 is 18.0 Å². The Morgan fingerprint density at radius 1 is 1.04 bits per heavy atom. The summed E-state index contributed by atoms with van der Waals surface area (Å²) in [6.45, 7) is 1.55. The number of amides is 1. The first-order valence-electron chi connectivity index (χ1n) is 7.31. The maximum absolute atomic E-state index is 12.5. The van der Waals surface area contributed by atoms with Gasteiger partial charge in [-0.1, -0.05) is 0 Å². The van der Waals surface area contributed by atoms with Gasteiger partial charge in [0.1, 0.15) is 5.84 Å². The fourth-order valence-corrected chi connectivity index (χ4v) is 2.32. The van der Waals surface area contributed by atoms with Crippen molar-refractivity contribution in [2.75, 3.05) is 18.4 Å². The third kappa shape index (κ3) is 3.56. The Morgan fingerprint density at radius 2 is 1.71 bits per heavy atom. The Morgan fingerprint density at radius 3 is 2.25 bits per heavy atom. The molecule has 2 aromatic rings. The minimum atomic E-state index is -4.41. The number of aliphatic imine (C=N–C) groups is 1. The molecule has 0 unspecified atom stereocenters. The van der Waals surface area contributed by atoms with Crippen LogP contribution in [0.5, 0.6) is 0 Å². The van der Waals surface area contributed by atoms with Gasteiger partial charge in [-0.2, -0.15) is 13.2 Å². The zero-order valence-electron chi connectivity index (χ0n) is 12.5. The molecule has 0 atom stereocenters. The predicted octanol–water partition coefficient (Wildman–Crippen LogP) is 3.31. The van der Waals surface area contributed by atoms with Crippen molar-refractivity contribution in [2.24, 2.45) is 4.99 Å². The van der Waals surface area contributed by atoms with Crippen LogP contribution in [0.4, 0.5) is 18.9 Å². The van der Waals surface area contributed by atoms with Crippen molar-refractivity contribution in [3.8, 4) is 0 Å². The lowest BCUT2D eigenvalue weighted by molar-refractivity contribution is -0.137. The molecule has 0 bridgehead atoms. The Hall–Kier alpha value is -2.83. The zero-order chi connectivity index (χ0) is 17.2. The second-order valence-corrected chi connectivity index (χ2v) is 5.26. The number of nitrogens with zero attached hydrogens (tertiary/aromatic N) is 1. The van der Waals surface area contributed by atoms with Crippen molar-refractivity contribution in [1.82, 2.24) is 5.32 Å². The molecule has 0 aromatic heterocycles. The summed E-state index contributed by atoms with van der Waals surface area (Å²) in [5, 5.41) is 5.80. The van der Waals surface area contributed by atoms with Gasteiger partial charge in [0.15, 0.2) is 0 Å². The van der Waals surface area contributed by atoms with E-state index in [2.05, 4.69) is 15.6 Å². The summed E-state index contributed by atoms with van der Waals surface area (Å²) in [5.74, 6) is 0.350. The number of rotatable bonds is 3. The molecule has 124 valence electrons. The van der Waals surface area contributed by atoms with Crippen molar-refractivity contribution in [3.63, 3.8) is 0 Å². The van der Waals surface area contributed by atoms with Crippen LogP contribution in [0.15, 0.2) is 53.5 Å². The lowest BCUT2D eigenvalue weighted by Crippen LogP contribution is -2.19. The standard InChI is InChI=1S/C17H14F3N3O/c18-17(19,20)13-5-1-12(2-6-13)16(24)23-14-7-3-11(4-8-14)15-21-9-10-22-15/h1-8H,9-10H2,(H,21,22)(H,23,24). The predicted molar refractivity (Wildman–Crippen MR) is 85.2 cm³/mol. The van der Waals surface area contributed by atoms with Gasteiger partial charge in [-0.05, 0) is 48.5 Å². The van der Waals surface area contributed by atoms with E-state index in [1.165, 1.54) is 0 Å². The normalized spacial score (nSPS) is 14.0. The Balaban J connectivity index is 1.68. The van der Waals surface area contributed by atoms with E-state index in [9.17, 15) is 18.0 Å².